The van der Waals surface area contributed by atoms with Crippen LogP contribution in [0, 0.1) is 0 Å². The van der Waals surface area contributed by atoms with Crippen LogP contribution in [0.2, 0.25) is 0 Å². The maximum absolute atomic E-state index is 3.00. The average Bonchev–Trinajstić information content (AvgIpc) is 2.70. The van der Waals surface area contributed by atoms with Crippen LogP contribution in [0.5, 0.6) is 0 Å². The molecule has 0 fully saturated rings. The van der Waals surface area contributed by atoms with Crippen LogP contribution in [0.1, 0.15) is 107 Å². The summed E-state index contributed by atoms with van der Waals surface area (Å²) in [6.45, 7) is 28.9. The first kappa shape index (κ1) is 29.3. The molecule has 0 spiro atoms. The molecule has 5 heteroatoms. The summed E-state index contributed by atoms with van der Waals surface area (Å²) in [5.41, 5.74) is 0. The van der Waals surface area contributed by atoms with Gasteiger partial charge in [0.25, 0.3) is 0 Å². The zero-order chi connectivity index (χ0) is 22.1. The van der Waals surface area contributed by atoms with Gasteiger partial charge in [-0.25, -0.2) is 0 Å². The van der Waals surface area contributed by atoms with Gasteiger partial charge in [0.2, 0.25) is 0 Å². The van der Waals surface area contributed by atoms with Crippen molar-refractivity contribution in [2.75, 3.05) is 52.4 Å². The summed E-state index contributed by atoms with van der Waals surface area (Å²) in [7, 11) is -2.15. The number of nitrogens with zero attached hydrogens (tertiary/aromatic N) is 4. The van der Waals surface area contributed by atoms with Gasteiger partial charge in [0.1, 0.15) is 0 Å². The molecule has 0 N–H and O–H groups in total. The molecule has 0 aliphatic rings. The second-order valence-corrected chi connectivity index (χ2v) is 12.3. The van der Waals surface area contributed by atoms with Crippen LogP contribution in [-0.4, -0.2) is 71.0 Å². The molecule has 0 aromatic rings. The summed E-state index contributed by atoms with van der Waals surface area (Å²) < 4.78 is 12.0. The maximum atomic E-state index is 3.00. The molecule has 0 aliphatic carbocycles. The van der Waals surface area contributed by atoms with Crippen LogP contribution in [0.4, 0.5) is 0 Å². The Labute approximate surface area is 185 Å². The van der Waals surface area contributed by atoms with Crippen molar-refractivity contribution in [2.24, 2.45) is 0 Å². The minimum absolute atomic E-state index is 1.23. The molecule has 0 aromatic carbocycles. The standard InChI is InChI=1S/C24H57N4P/c1-9-17-25(18-10-2)29(26(19-11-3)20-12-4,27(21-13-5)22-14-6)28(23-15-7)24-16-8/h29H,9-24H2,1-8H3. The molecule has 0 aliphatic heterocycles. The van der Waals surface area contributed by atoms with Crippen LogP contribution in [-0.2, 0) is 0 Å². The van der Waals surface area contributed by atoms with E-state index in [1.807, 2.05) is 0 Å². The summed E-state index contributed by atoms with van der Waals surface area (Å²) in [4.78, 5) is 0. The molecular weight excluding hydrogens is 375 g/mol. The molecule has 4 nitrogen and oxygen atoms in total. The van der Waals surface area contributed by atoms with Crippen LogP contribution < -0.4 is 0 Å². The van der Waals surface area contributed by atoms with E-state index in [1.165, 1.54) is 104 Å². The molecule has 178 valence electrons. The monoisotopic (exact) mass is 432 g/mol. The van der Waals surface area contributed by atoms with Gasteiger partial charge in [0.15, 0.2) is 0 Å². The van der Waals surface area contributed by atoms with E-state index >= 15 is 0 Å². The van der Waals surface area contributed by atoms with Gasteiger partial charge >= 0.3 is 186 Å². The fourth-order valence-corrected chi connectivity index (χ4v) is 11.6. The molecule has 0 atom stereocenters. The SMILES string of the molecule is CCCN(CCC)[PH](N(CCC)CCC)(N(CCC)CCC)N(CCC)CCC. The van der Waals surface area contributed by atoms with Crippen molar-refractivity contribution < 1.29 is 0 Å². The molecule has 0 rings (SSSR count). The van der Waals surface area contributed by atoms with E-state index in [-0.39, 0.29) is 0 Å². The van der Waals surface area contributed by atoms with Gasteiger partial charge in [-0.3, -0.25) is 0 Å². The van der Waals surface area contributed by atoms with Gasteiger partial charge in [-0.15, -0.1) is 0 Å². The van der Waals surface area contributed by atoms with Gasteiger partial charge in [0, 0.05) is 0 Å². The summed E-state index contributed by atoms with van der Waals surface area (Å²) in [5.74, 6) is 0. The third-order valence-electron chi connectivity index (χ3n) is 5.65. The Hall–Kier alpha value is 0.270. The fourth-order valence-electron chi connectivity index (χ4n) is 5.01. The molecule has 0 amide bonds. The van der Waals surface area contributed by atoms with Crippen molar-refractivity contribution >= 4 is 7.87 Å². The predicted molar refractivity (Wildman–Crippen MR) is 137 cm³/mol. The second-order valence-electron chi connectivity index (χ2n) is 8.55. The molecule has 0 saturated carbocycles. The molecular formula is C24H57N4P. The normalized spacial score (nSPS) is 13.4. The predicted octanol–water partition coefficient (Wildman–Crippen LogP) is 6.88. The van der Waals surface area contributed by atoms with Crippen molar-refractivity contribution in [1.29, 1.82) is 0 Å². The number of hydrogen-bond donors (Lipinski definition) is 0. The minimum atomic E-state index is -2.15. The Morgan fingerprint density at radius 1 is 0.310 bits per heavy atom. The van der Waals surface area contributed by atoms with E-state index in [0.717, 1.165) is 0 Å². The zero-order valence-corrected chi connectivity index (χ0v) is 22.6. The van der Waals surface area contributed by atoms with Crippen molar-refractivity contribution in [3.05, 3.63) is 0 Å². The molecule has 0 radical (unpaired) electrons. The number of hydrogen-bond acceptors (Lipinski definition) is 4. The summed E-state index contributed by atoms with van der Waals surface area (Å²) in [5, 5.41) is 0. The molecule has 0 saturated heterocycles. The molecule has 0 bridgehead atoms. The molecule has 0 unspecified atom stereocenters. The van der Waals surface area contributed by atoms with Gasteiger partial charge < -0.3 is 0 Å². The first-order valence-electron chi connectivity index (χ1n) is 13.1. The fraction of sp³-hybridized carbons (Fsp3) is 1.00. The first-order chi connectivity index (χ1) is 14.1. The Morgan fingerprint density at radius 3 is 0.552 bits per heavy atom. The van der Waals surface area contributed by atoms with Crippen LogP contribution >= 0.6 is 7.87 Å². The van der Waals surface area contributed by atoms with E-state index in [1.54, 1.807) is 0 Å². The van der Waals surface area contributed by atoms with Crippen LogP contribution in [0.15, 0.2) is 0 Å². The van der Waals surface area contributed by atoms with Gasteiger partial charge in [-0.1, -0.05) is 0 Å². The van der Waals surface area contributed by atoms with E-state index in [9.17, 15) is 0 Å². The molecule has 0 heterocycles. The van der Waals surface area contributed by atoms with E-state index in [4.69, 9.17) is 0 Å². The summed E-state index contributed by atoms with van der Waals surface area (Å²) in [6.07, 6.45) is 9.99. The van der Waals surface area contributed by atoms with Crippen LogP contribution in [0.3, 0.4) is 0 Å². The summed E-state index contributed by atoms with van der Waals surface area (Å²) >= 11 is 0. The van der Waals surface area contributed by atoms with Crippen molar-refractivity contribution in [1.82, 2.24) is 18.7 Å². The average molecular weight is 433 g/mol. The summed E-state index contributed by atoms with van der Waals surface area (Å²) in [6, 6.07) is 0. The third-order valence-corrected chi connectivity index (χ3v) is 10.8. The van der Waals surface area contributed by atoms with Gasteiger partial charge in [-0.2, -0.15) is 0 Å². The molecule has 29 heavy (non-hydrogen) atoms. The second kappa shape index (κ2) is 17.9. The topological polar surface area (TPSA) is 13.0 Å². The van der Waals surface area contributed by atoms with Crippen LogP contribution in [0.25, 0.3) is 0 Å². The Balaban J connectivity index is 6.80. The van der Waals surface area contributed by atoms with Crippen molar-refractivity contribution in [2.45, 2.75) is 107 Å². The van der Waals surface area contributed by atoms with Gasteiger partial charge in [0.05, 0.1) is 0 Å². The van der Waals surface area contributed by atoms with E-state index in [0.29, 0.717) is 0 Å². The Bertz CT molecular complexity index is 273. The van der Waals surface area contributed by atoms with Crippen molar-refractivity contribution in [3.63, 3.8) is 0 Å². The third kappa shape index (κ3) is 8.37. The van der Waals surface area contributed by atoms with E-state index < -0.39 is 7.87 Å². The first-order valence-corrected chi connectivity index (χ1v) is 14.9. The Morgan fingerprint density at radius 2 is 0.448 bits per heavy atom. The molecule has 0 aromatic heterocycles. The van der Waals surface area contributed by atoms with Crippen molar-refractivity contribution in [3.8, 4) is 0 Å². The van der Waals surface area contributed by atoms with E-state index in [2.05, 4.69) is 74.1 Å². The Kier molecular flexibility index (Phi) is 18.1. The number of rotatable bonds is 20. The zero-order valence-electron chi connectivity index (χ0n) is 21.6. The quantitative estimate of drug-likeness (QED) is 0.194. The van der Waals surface area contributed by atoms with Gasteiger partial charge in [-0.05, 0) is 0 Å².